The summed E-state index contributed by atoms with van der Waals surface area (Å²) < 4.78 is 38.3. The van der Waals surface area contributed by atoms with E-state index in [2.05, 4.69) is 10.6 Å². The van der Waals surface area contributed by atoms with E-state index < -0.39 is 11.7 Å². The van der Waals surface area contributed by atoms with Gasteiger partial charge in [-0.05, 0) is 62.4 Å². The summed E-state index contributed by atoms with van der Waals surface area (Å²) in [6.45, 7) is 5.65. The predicted molar refractivity (Wildman–Crippen MR) is 84.2 cm³/mol. The fourth-order valence-electron chi connectivity index (χ4n) is 3.01. The number of hydrogen-bond acceptors (Lipinski definition) is 2. The molecule has 1 aromatic rings. The lowest BCUT2D eigenvalue weighted by molar-refractivity contribution is -0.137. The molecule has 1 aromatic carbocycles. The summed E-state index contributed by atoms with van der Waals surface area (Å²) in [4.78, 5) is 12.2. The standard InChI is InChI=1S/C17H23F3N2O/c1-11-3-4-14(17(18,19)20)10-15(11)22-16(23)9-12(2)13-5-7-21-8-6-13/h3-4,10,12-13,21H,5-9H2,1-2H3,(H,22,23). The second-order valence-electron chi connectivity index (χ2n) is 6.34. The molecular formula is C17H23F3N2O. The zero-order chi connectivity index (χ0) is 17.0. The second-order valence-corrected chi connectivity index (χ2v) is 6.34. The third-order valence-electron chi connectivity index (χ3n) is 4.53. The van der Waals surface area contributed by atoms with E-state index in [1.54, 1.807) is 6.92 Å². The molecule has 1 unspecified atom stereocenters. The van der Waals surface area contributed by atoms with E-state index in [1.165, 1.54) is 6.07 Å². The quantitative estimate of drug-likeness (QED) is 0.878. The highest BCUT2D eigenvalue weighted by molar-refractivity contribution is 5.91. The highest BCUT2D eigenvalue weighted by Gasteiger charge is 2.31. The topological polar surface area (TPSA) is 41.1 Å². The van der Waals surface area contributed by atoms with Gasteiger partial charge in [0.1, 0.15) is 0 Å². The number of alkyl halides is 3. The maximum atomic E-state index is 12.8. The third kappa shape index (κ3) is 4.96. The summed E-state index contributed by atoms with van der Waals surface area (Å²) >= 11 is 0. The first-order chi connectivity index (χ1) is 10.8. The Bertz CT molecular complexity index is 551. The van der Waals surface area contributed by atoms with Gasteiger partial charge in [0.05, 0.1) is 5.56 Å². The number of benzene rings is 1. The van der Waals surface area contributed by atoms with Crippen LogP contribution >= 0.6 is 0 Å². The van der Waals surface area contributed by atoms with Crippen LogP contribution in [0.4, 0.5) is 18.9 Å². The minimum atomic E-state index is -4.41. The Labute approximate surface area is 134 Å². The molecule has 0 saturated carbocycles. The van der Waals surface area contributed by atoms with E-state index in [0.29, 0.717) is 17.9 Å². The monoisotopic (exact) mass is 328 g/mol. The molecule has 2 N–H and O–H groups in total. The summed E-state index contributed by atoms with van der Waals surface area (Å²) in [5.74, 6) is 0.492. The Morgan fingerprint density at radius 3 is 2.61 bits per heavy atom. The van der Waals surface area contributed by atoms with Crippen LogP contribution in [0.1, 0.15) is 37.3 Å². The smallest absolute Gasteiger partial charge is 0.326 e. The molecule has 3 nitrogen and oxygen atoms in total. The van der Waals surface area contributed by atoms with E-state index in [4.69, 9.17) is 0 Å². The van der Waals surface area contributed by atoms with Gasteiger partial charge in [-0.2, -0.15) is 13.2 Å². The number of amides is 1. The van der Waals surface area contributed by atoms with Crippen molar-refractivity contribution in [2.24, 2.45) is 11.8 Å². The number of piperidine rings is 1. The molecule has 1 atom stereocenters. The van der Waals surface area contributed by atoms with Crippen LogP contribution in [0.2, 0.25) is 0 Å². The Morgan fingerprint density at radius 1 is 1.35 bits per heavy atom. The number of aryl methyl sites for hydroxylation is 1. The highest BCUT2D eigenvalue weighted by atomic mass is 19.4. The Hall–Kier alpha value is -1.56. The van der Waals surface area contributed by atoms with Crippen LogP contribution in [0.25, 0.3) is 0 Å². The molecular weight excluding hydrogens is 305 g/mol. The third-order valence-corrected chi connectivity index (χ3v) is 4.53. The molecule has 0 spiro atoms. The number of carbonyl (C=O) groups is 1. The zero-order valence-electron chi connectivity index (χ0n) is 13.5. The molecule has 1 fully saturated rings. The van der Waals surface area contributed by atoms with Crippen LogP contribution in [0, 0.1) is 18.8 Å². The normalized spacial score (nSPS) is 17.8. The number of halogens is 3. The number of hydrogen-bond donors (Lipinski definition) is 2. The summed E-state index contributed by atoms with van der Waals surface area (Å²) in [6.07, 6.45) is -2.00. The van der Waals surface area contributed by atoms with Crippen LogP contribution < -0.4 is 10.6 Å². The average Bonchev–Trinajstić information content (AvgIpc) is 2.49. The maximum Gasteiger partial charge on any atom is 0.416 e. The molecule has 0 aromatic heterocycles. The fraction of sp³-hybridized carbons (Fsp3) is 0.588. The summed E-state index contributed by atoms with van der Waals surface area (Å²) in [6, 6.07) is 3.42. The van der Waals surface area contributed by atoms with Gasteiger partial charge in [0.15, 0.2) is 0 Å². The number of nitrogens with one attached hydrogen (secondary N) is 2. The first kappa shape index (κ1) is 17.8. The van der Waals surface area contributed by atoms with Crippen molar-refractivity contribution in [3.63, 3.8) is 0 Å². The van der Waals surface area contributed by atoms with E-state index in [-0.39, 0.29) is 17.5 Å². The van der Waals surface area contributed by atoms with Crippen molar-refractivity contribution in [1.82, 2.24) is 5.32 Å². The van der Waals surface area contributed by atoms with Crippen molar-refractivity contribution in [3.05, 3.63) is 29.3 Å². The minimum Gasteiger partial charge on any atom is -0.326 e. The van der Waals surface area contributed by atoms with Crippen molar-refractivity contribution in [3.8, 4) is 0 Å². The van der Waals surface area contributed by atoms with E-state index in [0.717, 1.165) is 38.1 Å². The van der Waals surface area contributed by atoms with Gasteiger partial charge in [-0.25, -0.2) is 0 Å². The van der Waals surface area contributed by atoms with Gasteiger partial charge in [0.2, 0.25) is 5.91 Å². The Balaban J connectivity index is 1.99. The molecule has 1 aliphatic rings. The lowest BCUT2D eigenvalue weighted by atomic mass is 9.84. The van der Waals surface area contributed by atoms with Gasteiger partial charge < -0.3 is 10.6 Å². The highest BCUT2D eigenvalue weighted by Crippen LogP contribution is 2.32. The number of anilines is 1. The van der Waals surface area contributed by atoms with Crippen molar-refractivity contribution >= 4 is 11.6 Å². The first-order valence-electron chi connectivity index (χ1n) is 7.96. The van der Waals surface area contributed by atoms with Gasteiger partial charge in [-0.15, -0.1) is 0 Å². The lowest BCUT2D eigenvalue weighted by Gasteiger charge is -2.28. The van der Waals surface area contributed by atoms with Crippen LogP contribution in [0.5, 0.6) is 0 Å². The Kier molecular flexibility index (Phi) is 5.68. The van der Waals surface area contributed by atoms with Crippen molar-refractivity contribution in [2.45, 2.75) is 39.3 Å². The molecule has 1 saturated heterocycles. The summed E-state index contributed by atoms with van der Waals surface area (Å²) in [7, 11) is 0. The van der Waals surface area contributed by atoms with Crippen LogP contribution in [-0.2, 0) is 11.0 Å². The summed E-state index contributed by atoms with van der Waals surface area (Å²) in [5, 5.41) is 5.92. The SMILES string of the molecule is Cc1ccc(C(F)(F)F)cc1NC(=O)CC(C)C1CCNCC1. The zero-order valence-corrected chi connectivity index (χ0v) is 13.5. The van der Waals surface area contributed by atoms with Gasteiger partial charge in [-0.1, -0.05) is 13.0 Å². The Morgan fingerprint density at radius 2 is 2.00 bits per heavy atom. The number of rotatable bonds is 4. The molecule has 2 rings (SSSR count). The molecule has 0 bridgehead atoms. The van der Waals surface area contributed by atoms with E-state index in [9.17, 15) is 18.0 Å². The largest absolute Gasteiger partial charge is 0.416 e. The van der Waals surface area contributed by atoms with Gasteiger partial charge >= 0.3 is 6.18 Å². The molecule has 1 heterocycles. The molecule has 1 aliphatic heterocycles. The van der Waals surface area contributed by atoms with Crippen molar-refractivity contribution in [1.29, 1.82) is 0 Å². The van der Waals surface area contributed by atoms with E-state index in [1.807, 2.05) is 6.92 Å². The van der Waals surface area contributed by atoms with Crippen LogP contribution in [0.15, 0.2) is 18.2 Å². The molecule has 0 aliphatic carbocycles. The average molecular weight is 328 g/mol. The second kappa shape index (κ2) is 7.34. The van der Waals surface area contributed by atoms with Gasteiger partial charge in [0, 0.05) is 12.1 Å². The number of carbonyl (C=O) groups excluding carboxylic acids is 1. The van der Waals surface area contributed by atoms with Crippen molar-refractivity contribution < 1.29 is 18.0 Å². The minimum absolute atomic E-state index is 0.224. The summed E-state index contributed by atoms with van der Waals surface area (Å²) in [5.41, 5.74) is 0.119. The molecule has 128 valence electrons. The van der Waals surface area contributed by atoms with Crippen LogP contribution in [0.3, 0.4) is 0 Å². The lowest BCUT2D eigenvalue weighted by Crippen LogP contribution is -2.32. The van der Waals surface area contributed by atoms with Gasteiger partial charge in [-0.3, -0.25) is 4.79 Å². The van der Waals surface area contributed by atoms with Crippen molar-refractivity contribution in [2.75, 3.05) is 18.4 Å². The van der Waals surface area contributed by atoms with Crippen LogP contribution in [-0.4, -0.2) is 19.0 Å². The fourth-order valence-corrected chi connectivity index (χ4v) is 3.01. The molecule has 1 amide bonds. The predicted octanol–water partition coefficient (Wildman–Crippen LogP) is 3.98. The van der Waals surface area contributed by atoms with E-state index >= 15 is 0 Å². The first-order valence-corrected chi connectivity index (χ1v) is 7.96. The molecule has 6 heteroatoms. The maximum absolute atomic E-state index is 12.8. The van der Waals surface area contributed by atoms with Gasteiger partial charge in [0.25, 0.3) is 0 Å². The molecule has 0 radical (unpaired) electrons. The molecule has 23 heavy (non-hydrogen) atoms.